The number of amides is 1. The number of hydrogen-bond donors (Lipinski definition) is 0. The van der Waals surface area contributed by atoms with Crippen LogP contribution in [0.5, 0.6) is 0 Å². The van der Waals surface area contributed by atoms with E-state index in [1.54, 1.807) is 6.08 Å². The Morgan fingerprint density at radius 3 is 2.29 bits per heavy atom. The third-order valence-electron chi connectivity index (χ3n) is 4.22. The molecule has 0 N–H and O–H groups in total. The minimum Gasteiger partial charge on any atom is -0.337 e. The third kappa shape index (κ3) is 4.79. The first-order valence-electron chi connectivity index (χ1n) is 8.19. The van der Waals surface area contributed by atoms with E-state index in [1.165, 1.54) is 5.56 Å². The van der Waals surface area contributed by atoms with Crippen LogP contribution in [0, 0.1) is 0 Å². The number of hydrogen-bond acceptors (Lipinski definition) is 2. The molecule has 1 saturated heterocycles. The number of carbonyl (C=O) groups excluding carboxylic acids is 1. The molecule has 0 unspecified atom stereocenters. The van der Waals surface area contributed by atoms with Crippen LogP contribution in [0.3, 0.4) is 0 Å². The SMILES string of the molecule is O=C(/C=C/c1ccccc1)N1CCN(Cc2ccc(Br)cc2)CC1. The van der Waals surface area contributed by atoms with Crippen molar-refractivity contribution < 1.29 is 4.79 Å². The molecule has 1 aliphatic heterocycles. The van der Waals surface area contributed by atoms with Crippen molar-refractivity contribution >= 4 is 27.9 Å². The highest BCUT2D eigenvalue weighted by Crippen LogP contribution is 2.13. The number of halogens is 1. The van der Waals surface area contributed by atoms with Crippen LogP contribution in [0.4, 0.5) is 0 Å². The molecule has 1 amide bonds. The summed E-state index contributed by atoms with van der Waals surface area (Å²) < 4.78 is 1.10. The van der Waals surface area contributed by atoms with Gasteiger partial charge in [-0.15, -0.1) is 0 Å². The molecule has 0 saturated carbocycles. The van der Waals surface area contributed by atoms with Crippen molar-refractivity contribution in [2.75, 3.05) is 26.2 Å². The number of piperazine rings is 1. The summed E-state index contributed by atoms with van der Waals surface area (Å²) in [6.07, 6.45) is 3.57. The molecule has 2 aromatic carbocycles. The molecule has 3 nitrogen and oxygen atoms in total. The molecule has 4 heteroatoms. The summed E-state index contributed by atoms with van der Waals surface area (Å²) in [7, 11) is 0. The molecule has 0 atom stereocenters. The fraction of sp³-hybridized carbons (Fsp3) is 0.250. The maximum Gasteiger partial charge on any atom is 0.246 e. The molecule has 1 heterocycles. The number of benzene rings is 2. The van der Waals surface area contributed by atoms with Gasteiger partial charge < -0.3 is 4.90 Å². The molecule has 124 valence electrons. The fourth-order valence-corrected chi connectivity index (χ4v) is 3.08. The van der Waals surface area contributed by atoms with Crippen molar-refractivity contribution in [3.63, 3.8) is 0 Å². The summed E-state index contributed by atoms with van der Waals surface area (Å²) in [6.45, 7) is 4.35. The minimum absolute atomic E-state index is 0.0992. The van der Waals surface area contributed by atoms with Crippen molar-refractivity contribution in [2.24, 2.45) is 0 Å². The molecule has 1 fully saturated rings. The standard InChI is InChI=1S/C20H21BrN2O/c21-19-9-6-18(7-10-19)16-22-12-14-23(15-13-22)20(24)11-8-17-4-2-1-3-5-17/h1-11H,12-16H2/b11-8+. The summed E-state index contributed by atoms with van der Waals surface area (Å²) in [6, 6.07) is 18.4. The largest absolute Gasteiger partial charge is 0.337 e. The van der Waals surface area contributed by atoms with Gasteiger partial charge in [0.05, 0.1) is 0 Å². The van der Waals surface area contributed by atoms with Gasteiger partial charge in [0.2, 0.25) is 5.91 Å². The molecule has 3 rings (SSSR count). The van der Waals surface area contributed by atoms with Crippen LogP contribution in [0.1, 0.15) is 11.1 Å². The van der Waals surface area contributed by atoms with Gasteiger partial charge in [-0.2, -0.15) is 0 Å². The second-order valence-electron chi connectivity index (χ2n) is 5.97. The van der Waals surface area contributed by atoms with Crippen LogP contribution >= 0.6 is 15.9 Å². The van der Waals surface area contributed by atoms with E-state index in [2.05, 4.69) is 45.1 Å². The molecular weight excluding hydrogens is 364 g/mol. The van der Waals surface area contributed by atoms with Gasteiger partial charge in [0.25, 0.3) is 0 Å². The first-order valence-corrected chi connectivity index (χ1v) is 8.99. The molecule has 24 heavy (non-hydrogen) atoms. The van der Waals surface area contributed by atoms with E-state index >= 15 is 0 Å². The molecule has 1 aliphatic rings. The highest BCUT2D eigenvalue weighted by molar-refractivity contribution is 9.10. The number of rotatable bonds is 4. The third-order valence-corrected chi connectivity index (χ3v) is 4.75. The Bertz CT molecular complexity index is 689. The monoisotopic (exact) mass is 384 g/mol. The molecule has 0 bridgehead atoms. The topological polar surface area (TPSA) is 23.6 Å². The Labute approximate surface area is 151 Å². The Kier molecular flexibility index (Phi) is 5.83. The Balaban J connectivity index is 1.48. The van der Waals surface area contributed by atoms with Gasteiger partial charge in [0.1, 0.15) is 0 Å². The van der Waals surface area contributed by atoms with Gasteiger partial charge in [0.15, 0.2) is 0 Å². The van der Waals surface area contributed by atoms with Crippen LogP contribution in [0.15, 0.2) is 65.1 Å². The molecule has 0 aliphatic carbocycles. The minimum atomic E-state index is 0.0992. The molecule has 2 aromatic rings. The highest BCUT2D eigenvalue weighted by atomic mass is 79.9. The average molecular weight is 385 g/mol. The van der Waals surface area contributed by atoms with Crippen molar-refractivity contribution in [1.29, 1.82) is 0 Å². The highest BCUT2D eigenvalue weighted by Gasteiger charge is 2.19. The molecule has 0 aromatic heterocycles. The van der Waals surface area contributed by atoms with Crippen molar-refractivity contribution in [3.05, 3.63) is 76.3 Å². The van der Waals surface area contributed by atoms with Crippen molar-refractivity contribution in [1.82, 2.24) is 9.80 Å². The van der Waals surface area contributed by atoms with Gasteiger partial charge >= 0.3 is 0 Å². The van der Waals surface area contributed by atoms with Crippen molar-refractivity contribution in [3.8, 4) is 0 Å². The lowest BCUT2D eigenvalue weighted by atomic mass is 10.2. The zero-order chi connectivity index (χ0) is 16.8. The number of carbonyl (C=O) groups is 1. The first kappa shape index (κ1) is 16.9. The van der Waals surface area contributed by atoms with E-state index in [1.807, 2.05) is 41.3 Å². The van der Waals surface area contributed by atoms with E-state index in [4.69, 9.17) is 0 Å². The fourth-order valence-electron chi connectivity index (χ4n) is 2.81. The molecule has 0 spiro atoms. The first-order chi connectivity index (χ1) is 11.7. The smallest absolute Gasteiger partial charge is 0.246 e. The molecule has 0 radical (unpaired) electrons. The van der Waals surface area contributed by atoms with Crippen LogP contribution in [0.2, 0.25) is 0 Å². The predicted octanol–water partition coefficient (Wildman–Crippen LogP) is 3.81. The zero-order valence-electron chi connectivity index (χ0n) is 13.6. The summed E-state index contributed by atoms with van der Waals surface area (Å²) in [5, 5.41) is 0. The van der Waals surface area contributed by atoms with Gasteiger partial charge in [-0.1, -0.05) is 58.4 Å². The Hall–Kier alpha value is -1.91. The van der Waals surface area contributed by atoms with Crippen LogP contribution in [-0.4, -0.2) is 41.9 Å². The van der Waals surface area contributed by atoms with Gasteiger partial charge in [0, 0.05) is 43.3 Å². The van der Waals surface area contributed by atoms with E-state index < -0.39 is 0 Å². The van der Waals surface area contributed by atoms with Crippen LogP contribution in [0.25, 0.3) is 6.08 Å². The van der Waals surface area contributed by atoms with E-state index in [-0.39, 0.29) is 5.91 Å². The Morgan fingerprint density at radius 2 is 1.62 bits per heavy atom. The summed E-state index contributed by atoms with van der Waals surface area (Å²) >= 11 is 3.46. The predicted molar refractivity (Wildman–Crippen MR) is 101 cm³/mol. The quantitative estimate of drug-likeness (QED) is 0.748. The van der Waals surface area contributed by atoms with Crippen LogP contribution < -0.4 is 0 Å². The lowest BCUT2D eigenvalue weighted by Crippen LogP contribution is -2.47. The van der Waals surface area contributed by atoms with Gasteiger partial charge in [-0.3, -0.25) is 9.69 Å². The van der Waals surface area contributed by atoms with Crippen LogP contribution in [-0.2, 0) is 11.3 Å². The number of nitrogens with zero attached hydrogens (tertiary/aromatic N) is 2. The average Bonchev–Trinajstić information content (AvgIpc) is 2.63. The maximum absolute atomic E-state index is 12.3. The van der Waals surface area contributed by atoms with Gasteiger partial charge in [-0.25, -0.2) is 0 Å². The summed E-state index contributed by atoms with van der Waals surface area (Å²) in [5.41, 5.74) is 2.36. The second-order valence-corrected chi connectivity index (χ2v) is 6.89. The van der Waals surface area contributed by atoms with E-state index in [0.717, 1.165) is 42.8 Å². The lowest BCUT2D eigenvalue weighted by Gasteiger charge is -2.34. The van der Waals surface area contributed by atoms with E-state index in [9.17, 15) is 4.79 Å². The van der Waals surface area contributed by atoms with Gasteiger partial charge in [-0.05, 0) is 29.3 Å². The maximum atomic E-state index is 12.3. The van der Waals surface area contributed by atoms with Crippen molar-refractivity contribution in [2.45, 2.75) is 6.54 Å². The summed E-state index contributed by atoms with van der Waals surface area (Å²) in [4.78, 5) is 16.6. The molecular formula is C20H21BrN2O. The normalized spacial score (nSPS) is 15.8. The summed E-state index contributed by atoms with van der Waals surface area (Å²) in [5.74, 6) is 0.0992. The zero-order valence-corrected chi connectivity index (χ0v) is 15.2. The van der Waals surface area contributed by atoms with E-state index in [0.29, 0.717) is 0 Å². The lowest BCUT2D eigenvalue weighted by molar-refractivity contribution is -0.127. The second kappa shape index (κ2) is 8.27. The Morgan fingerprint density at radius 1 is 0.958 bits per heavy atom.